The second kappa shape index (κ2) is 7.63. The van der Waals surface area contributed by atoms with Gasteiger partial charge < -0.3 is 10.1 Å². The fraction of sp³-hybridized carbons (Fsp3) is 0.562. The lowest BCUT2D eigenvalue weighted by Crippen LogP contribution is -2.32. The van der Waals surface area contributed by atoms with E-state index in [9.17, 15) is 13.2 Å². The summed E-state index contributed by atoms with van der Waals surface area (Å²) < 4.78 is 28.5. The molecule has 1 atom stereocenters. The minimum Gasteiger partial charge on any atom is -0.493 e. The second-order valence-electron chi connectivity index (χ2n) is 5.60. The van der Waals surface area contributed by atoms with Crippen LogP contribution < -0.4 is 10.1 Å². The first-order valence-electron chi connectivity index (χ1n) is 7.70. The molecule has 2 rings (SSSR count). The van der Waals surface area contributed by atoms with E-state index in [4.69, 9.17) is 4.74 Å². The maximum Gasteiger partial charge on any atom is 0.224 e. The van der Waals surface area contributed by atoms with Gasteiger partial charge in [-0.1, -0.05) is 25.1 Å². The molecule has 0 unspecified atom stereocenters. The Hall–Kier alpha value is -1.56. The van der Waals surface area contributed by atoms with Crippen molar-refractivity contribution in [2.45, 2.75) is 26.2 Å². The molecule has 1 heterocycles. The minimum absolute atomic E-state index is 0.0188. The van der Waals surface area contributed by atoms with E-state index in [1.165, 1.54) is 0 Å². The van der Waals surface area contributed by atoms with Crippen LogP contribution in [0.25, 0.3) is 0 Å². The van der Waals surface area contributed by atoms with Gasteiger partial charge in [-0.15, -0.1) is 0 Å². The van der Waals surface area contributed by atoms with E-state index in [2.05, 4.69) is 12.2 Å². The van der Waals surface area contributed by atoms with Gasteiger partial charge in [-0.2, -0.15) is 0 Å². The van der Waals surface area contributed by atoms with Crippen LogP contribution in [-0.2, 0) is 21.1 Å². The van der Waals surface area contributed by atoms with Crippen molar-refractivity contribution in [3.05, 3.63) is 29.8 Å². The normalized spacial score (nSPS) is 19.8. The predicted octanol–water partition coefficient (Wildman–Crippen LogP) is 1.57. The van der Waals surface area contributed by atoms with Crippen molar-refractivity contribution in [2.75, 3.05) is 24.7 Å². The third-order valence-corrected chi connectivity index (χ3v) is 5.50. The van der Waals surface area contributed by atoms with Crippen molar-refractivity contribution in [1.29, 1.82) is 0 Å². The van der Waals surface area contributed by atoms with E-state index < -0.39 is 15.8 Å². The molecule has 1 aliphatic rings. The molecule has 6 heteroatoms. The third kappa shape index (κ3) is 4.73. The quantitative estimate of drug-likeness (QED) is 0.826. The highest BCUT2D eigenvalue weighted by molar-refractivity contribution is 7.91. The molecule has 5 nitrogen and oxygen atoms in total. The van der Waals surface area contributed by atoms with Gasteiger partial charge in [0, 0.05) is 6.54 Å². The minimum atomic E-state index is -3.02. The zero-order chi connectivity index (χ0) is 16.0. The summed E-state index contributed by atoms with van der Waals surface area (Å²) in [7, 11) is -3.02. The van der Waals surface area contributed by atoms with E-state index in [1.54, 1.807) is 0 Å². The van der Waals surface area contributed by atoms with Crippen LogP contribution in [0, 0.1) is 5.92 Å². The number of hydrogen-bond donors (Lipinski definition) is 1. The number of carbonyl (C=O) groups is 1. The van der Waals surface area contributed by atoms with E-state index in [0.29, 0.717) is 26.0 Å². The fourth-order valence-electron chi connectivity index (χ4n) is 2.53. The third-order valence-electron chi connectivity index (χ3n) is 3.73. The summed E-state index contributed by atoms with van der Waals surface area (Å²) in [5, 5.41) is 2.84. The molecule has 1 aliphatic heterocycles. The van der Waals surface area contributed by atoms with Gasteiger partial charge >= 0.3 is 0 Å². The molecule has 1 aromatic carbocycles. The van der Waals surface area contributed by atoms with Crippen LogP contribution in [-0.4, -0.2) is 39.0 Å². The summed E-state index contributed by atoms with van der Waals surface area (Å²) in [4.78, 5) is 12.0. The van der Waals surface area contributed by atoms with Crippen LogP contribution in [0.4, 0.5) is 0 Å². The molecule has 1 N–H and O–H groups in total. The summed E-state index contributed by atoms with van der Waals surface area (Å²) in [6.45, 7) is 3.21. The summed E-state index contributed by atoms with van der Waals surface area (Å²) in [6, 6.07) is 7.78. The van der Waals surface area contributed by atoms with Crippen molar-refractivity contribution in [3.8, 4) is 5.75 Å². The first-order chi connectivity index (χ1) is 10.5. The summed E-state index contributed by atoms with van der Waals surface area (Å²) in [6.07, 6.45) is 2.05. The van der Waals surface area contributed by atoms with Crippen LogP contribution in [0.1, 0.15) is 25.3 Å². The van der Waals surface area contributed by atoms with Crippen molar-refractivity contribution in [1.82, 2.24) is 5.32 Å². The fourth-order valence-corrected chi connectivity index (χ4v) is 4.27. The monoisotopic (exact) mass is 325 g/mol. The lowest BCUT2D eigenvalue weighted by atomic mass is 10.1. The topological polar surface area (TPSA) is 72.5 Å². The van der Waals surface area contributed by atoms with E-state index in [-0.39, 0.29) is 17.4 Å². The van der Waals surface area contributed by atoms with Gasteiger partial charge in [-0.25, -0.2) is 8.42 Å². The van der Waals surface area contributed by atoms with E-state index in [1.807, 2.05) is 24.3 Å². The molecule has 0 bridgehead atoms. The molecule has 1 fully saturated rings. The van der Waals surface area contributed by atoms with E-state index >= 15 is 0 Å². The smallest absolute Gasteiger partial charge is 0.224 e. The number of carbonyl (C=O) groups excluding carboxylic acids is 1. The SMILES string of the molecule is CCCOc1ccccc1CCNC(=O)[C@@H]1CCS(=O)(=O)C1. The van der Waals surface area contributed by atoms with Crippen LogP contribution in [0.15, 0.2) is 24.3 Å². The number of hydrogen-bond acceptors (Lipinski definition) is 4. The van der Waals surface area contributed by atoms with Gasteiger partial charge in [0.25, 0.3) is 0 Å². The van der Waals surface area contributed by atoms with Crippen LogP contribution >= 0.6 is 0 Å². The molecule has 0 spiro atoms. The maximum atomic E-state index is 12.0. The molecule has 0 aliphatic carbocycles. The largest absolute Gasteiger partial charge is 0.493 e. The van der Waals surface area contributed by atoms with Gasteiger partial charge in [0.05, 0.1) is 24.0 Å². The van der Waals surface area contributed by atoms with Gasteiger partial charge in [-0.3, -0.25) is 4.79 Å². The van der Waals surface area contributed by atoms with Crippen molar-refractivity contribution in [3.63, 3.8) is 0 Å². The van der Waals surface area contributed by atoms with Crippen molar-refractivity contribution in [2.24, 2.45) is 5.92 Å². The zero-order valence-corrected chi connectivity index (χ0v) is 13.7. The molecule has 1 aromatic rings. The molecular formula is C16H23NO4S. The highest BCUT2D eigenvalue weighted by atomic mass is 32.2. The van der Waals surface area contributed by atoms with Gasteiger partial charge in [0.2, 0.25) is 5.91 Å². The Kier molecular flexibility index (Phi) is 5.83. The predicted molar refractivity (Wildman–Crippen MR) is 85.7 cm³/mol. The number of nitrogens with one attached hydrogen (secondary N) is 1. The summed E-state index contributed by atoms with van der Waals surface area (Å²) in [5.74, 6) is 0.403. The maximum absolute atomic E-state index is 12.0. The lowest BCUT2D eigenvalue weighted by molar-refractivity contribution is -0.124. The zero-order valence-electron chi connectivity index (χ0n) is 12.9. The Balaban J connectivity index is 1.82. The van der Waals surface area contributed by atoms with Crippen LogP contribution in [0.2, 0.25) is 0 Å². The molecule has 1 amide bonds. The van der Waals surface area contributed by atoms with E-state index in [0.717, 1.165) is 17.7 Å². The van der Waals surface area contributed by atoms with Gasteiger partial charge in [0.15, 0.2) is 9.84 Å². The average Bonchev–Trinajstić information content (AvgIpc) is 2.86. The lowest BCUT2D eigenvalue weighted by Gasteiger charge is -2.12. The number of amides is 1. The first kappa shape index (κ1) is 16.8. The molecular weight excluding hydrogens is 302 g/mol. The molecule has 122 valence electrons. The highest BCUT2D eigenvalue weighted by Gasteiger charge is 2.32. The average molecular weight is 325 g/mol. The molecule has 22 heavy (non-hydrogen) atoms. The second-order valence-corrected chi connectivity index (χ2v) is 7.83. The molecule has 0 saturated carbocycles. The van der Waals surface area contributed by atoms with Crippen LogP contribution in [0.5, 0.6) is 5.75 Å². The van der Waals surface area contributed by atoms with Crippen molar-refractivity contribution < 1.29 is 17.9 Å². The standard InChI is InChI=1S/C16H23NO4S/c1-2-10-21-15-6-4-3-5-13(15)7-9-17-16(18)14-8-11-22(19,20)12-14/h3-6,14H,2,7-12H2,1H3,(H,17,18)/t14-/m1/s1. The Morgan fingerprint density at radius 1 is 1.36 bits per heavy atom. The first-order valence-corrected chi connectivity index (χ1v) is 9.53. The molecule has 0 aromatic heterocycles. The number of rotatable bonds is 7. The van der Waals surface area contributed by atoms with Gasteiger partial charge in [0.1, 0.15) is 5.75 Å². The Morgan fingerprint density at radius 2 is 2.14 bits per heavy atom. The van der Waals surface area contributed by atoms with Crippen molar-refractivity contribution >= 4 is 15.7 Å². The number of ether oxygens (including phenoxy) is 1. The van der Waals surface area contributed by atoms with Gasteiger partial charge in [-0.05, 0) is 30.9 Å². The Bertz CT molecular complexity index is 612. The number of para-hydroxylation sites is 1. The summed E-state index contributed by atoms with van der Waals surface area (Å²) in [5.41, 5.74) is 1.05. The molecule has 1 saturated heterocycles. The Morgan fingerprint density at radius 3 is 2.82 bits per heavy atom. The highest BCUT2D eigenvalue weighted by Crippen LogP contribution is 2.20. The van der Waals surface area contributed by atoms with Crippen LogP contribution in [0.3, 0.4) is 0 Å². The number of benzene rings is 1. The molecule has 0 radical (unpaired) electrons. The number of sulfone groups is 1. The summed E-state index contributed by atoms with van der Waals surface area (Å²) >= 11 is 0. The Labute approximate surface area is 132 Å².